The van der Waals surface area contributed by atoms with Gasteiger partial charge in [-0.25, -0.2) is 9.53 Å². The molecule has 0 saturated carbocycles. The lowest BCUT2D eigenvalue weighted by Crippen LogP contribution is -2.30. The van der Waals surface area contributed by atoms with Crippen molar-refractivity contribution in [2.45, 2.75) is 6.54 Å². The summed E-state index contributed by atoms with van der Waals surface area (Å²) >= 11 is 0. The third-order valence-corrected chi connectivity index (χ3v) is 1.97. The van der Waals surface area contributed by atoms with Crippen LogP contribution in [-0.4, -0.2) is 8.42 Å². The fraction of sp³-hybridized carbons (Fsp3) is 0.143. The molecule has 0 aliphatic carbocycles. The molecule has 0 aromatic heterocycles. The Kier molecular flexibility index (Phi) is 2.97. The maximum Gasteiger partial charge on any atom is 0.274 e. The Bertz CT molecular complexity index is 391. The van der Waals surface area contributed by atoms with E-state index in [0.29, 0.717) is 0 Å². The summed E-state index contributed by atoms with van der Waals surface area (Å²) < 4.78 is 35.8. The fourth-order valence-electron chi connectivity index (χ4n) is 0.820. The Balaban J connectivity index is 2.71. The van der Waals surface area contributed by atoms with Crippen molar-refractivity contribution < 1.29 is 12.8 Å². The number of nitrogens with two attached hydrogens (primary N) is 1. The minimum absolute atomic E-state index is 0.133. The van der Waals surface area contributed by atoms with Gasteiger partial charge in [0.1, 0.15) is 5.82 Å². The van der Waals surface area contributed by atoms with Crippen molar-refractivity contribution in [1.82, 2.24) is 4.72 Å². The van der Waals surface area contributed by atoms with E-state index in [9.17, 15) is 12.8 Å². The van der Waals surface area contributed by atoms with E-state index in [1.54, 1.807) is 6.07 Å². The Labute approximate surface area is 75.7 Å². The lowest BCUT2D eigenvalue weighted by Gasteiger charge is -2.02. The summed E-state index contributed by atoms with van der Waals surface area (Å²) in [4.78, 5) is 0. The Morgan fingerprint density at radius 3 is 2.54 bits per heavy atom. The molecule has 0 amide bonds. The lowest BCUT2D eigenvalue weighted by atomic mass is 10.2. The molecule has 4 nitrogen and oxygen atoms in total. The van der Waals surface area contributed by atoms with Crippen molar-refractivity contribution in [2.75, 3.05) is 0 Å². The molecule has 0 spiro atoms. The number of hydrogen-bond acceptors (Lipinski definition) is 2. The van der Waals surface area contributed by atoms with Crippen LogP contribution in [0.25, 0.3) is 0 Å². The number of halogens is 1. The molecule has 0 heterocycles. The second-order valence-corrected chi connectivity index (χ2v) is 3.84. The molecule has 13 heavy (non-hydrogen) atoms. The molecule has 1 rings (SSSR count). The first-order valence-electron chi connectivity index (χ1n) is 3.50. The monoisotopic (exact) mass is 204 g/mol. The van der Waals surface area contributed by atoms with Crippen LogP contribution >= 0.6 is 0 Å². The van der Waals surface area contributed by atoms with Gasteiger partial charge < -0.3 is 0 Å². The Hall–Kier alpha value is -0.980. The van der Waals surface area contributed by atoms with E-state index in [2.05, 4.69) is 5.14 Å². The van der Waals surface area contributed by atoms with E-state index in [1.165, 1.54) is 18.2 Å². The predicted octanol–water partition coefficient (Wildman–Crippen LogP) is 0.119. The third kappa shape index (κ3) is 3.49. The smallest absolute Gasteiger partial charge is 0.216 e. The molecule has 1 aromatic rings. The molecule has 0 unspecified atom stereocenters. The van der Waals surface area contributed by atoms with Gasteiger partial charge in [0.25, 0.3) is 10.2 Å². The molecule has 3 N–H and O–H groups in total. The number of hydrogen-bond donors (Lipinski definition) is 2. The van der Waals surface area contributed by atoms with Gasteiger partial charge >= 0.3 is 0 Å². The average molecular weight is 204 g/mol. The minimum atomic E-state index is -3.76. The van der Waals surface area contributed by atoms with E-state index in [-0.39, 0.29) is 12.1 Å². The molecule has 1 aromatic carbocycles. The maximum absolute atomic E-state index is 12.9. The second-order valence-electron chi connectivity index (χ2n) is 2.46. The van der Waals surface area contributed by atoms with Gasteiger partial charge in [0.15, 0.2) is 0 Å². The molecule has 72 valence electrons. The molecule has 0 aliphatic rings. The number of nitrogens with one attached hydrogen (secondary N) is 1. The summed E-state index contributed by atoms with van der Waals surface area (Å²) in [7, 11) is -3.76. The van der Waals surface area contributed by atoms with Gasteiger partial charge in [-0.05, 0) is 6.07 Å². The number of benzene rings is 1. The normalized spacial score (nSPS) is 11.5. The Morgan fingerprint density at radius 2 is 2.00 bits per heavy atom. The largest absolute Gasteiger partial charge is 0.274 e. The van der Waals surface area contributed by atoms with Crippen molar-refractivity contribution in [3.63, 3.8) is 0 Å². The molecule has 0 atom stereocenters. The standard InChI is InChI=1S/C7H9FN2O2S/c8-7-4-2-1-3-6(7)5-10-13(9,11)12/h1-4,10H,5H2,(H2,9,11,12). The zero-order valence-electron chi connectivity index (χ0n) is 6.70. The molecule has 6 heteroatoms. The molecular weight excluding hydrogens is 195 g/mol. The van der Waals surface area contributed by atoms with Gasteiger partial charge in [0.05, 0.1) is 0 Å². The topological polar surface area (TPSA) is 72.2 Å². The van der Waals surface area contributed by atoms with Crippen LogP contribution in [0.5, 0.6) is 0 Å². The molecule has 0 fully saturated rings. The molecule has 0 radical (unpaired) electrons. The lowest BCUT2D eigenvalue weighted by molar-refractivity contribution is 0.576. The first-order valence-corrected chi connectivity index (χ1v) is 5.04. The second kappa shape index (κ2) is 3.82. The summed E-state index contributed by atoms with van der Waals surface area (Å²) in [5.74, 6) is -0.460. The highest BCUT2D eigenvalue weighted by Crippen LogP contribution is 2.05. The van der Waals surface area contributed by atoms with Crippen molar-refractivity contribution in [3.05, 3.63) is 35.6 Å². The van der Waals surface area contributed by atoms with E-state index in [0.717, 1.165) is 0 Å². The van der Waals surface area contributed by atoms with E-state index < -0.39 is 16.0 Å². The quantitative estimate of drug-likeness (QED) is 0.734. The van der Waals surface area contributed by atoms with Crippen molar-refractivity contribution >= 4 is 10.2 Å². The summed E-state index contributed by atoms with van der Waals surface area (Å²) in [6, 6.07) is 5.87. The zero-order chi connectivity index (χ0) is 9.90. The van der Waals surface area contributed by atoms with E-state index in [4.69, 9.17) is 0 Å². The highest BCUT2D eigenvalue weighted by atomic mass is 32.2. The maximum atomic E-state index is 12.9. The highest BCUT2D eigenvalue weighted by molar-refractivity contribution is 7.87. The zero-order valence-corrected chi connectivity index (χ0v) is 7.51. The summed E-state index contributed by atoms with van der Waals surface area (Å²) in [6.07, 6.45) is 0. The summed E-state index contributed by atoms with van der Waals surface area (Å²) in [6.45, 7) is -0.133. The van der Waals surface area contributed by atoms with Crippen LogP contribution in [0.4, 0.5) is 4.39 Å². The van der Waals surface area contributed by atoms with Gasteiger partial charge in [0.2, 0.25) is 0 Å². The first kappa shape index (κ1) is 10.1. The minimum Gasteiger partial charge on any atom is -0.216 e. The van der Waals surface area contributed by atoms with Crippen LogP contribution in [-0.2, 0) is 16.8 Å². The van der Waals surface area contributed by atoms with Crippen LogP contribution in [0.2, 0.25) is 0 Å². The predicted molar refractivity (Wildman–Crippen MR) is 46.3 cm³/mol. The van der Waals surface area contributed by atoms with Gasteiger partial charge in [-0.15, -0.1) is 0 Å². The van der Waals surface area contributed by atoms with Gasteiger partial charge in [-0.3, -0.25) is 0 Å². The van der Waals surface area contributed by atoms with Crippen molar-refractivity contribution in [1.29, 1.82) is 0 Å². The van der Waals surface area contributed by atoms with Gasteiger partial charge in [0, 0.05) is 12.1 Å². The van der Waals surface area contributed by atoms with Gasteiger partial charge in [-0.1, -0.05) is 18.2 Å². The van der Waals surface area contributed by atoms with Gasteiger partial charge in [-0.2, -0.15) is 13.1 Å². The Morgan fingerprint density at radius 1 is 1.38 bits per heavy atom. The highest BCUT2D eigenvalue weighted by Gasteiger charge is 2.04. The first-order chi connectivity index (χ1) is 5.99. The van der Waals surface area contributed by atoms with Crippen molar-refractivity contribution in [2.24, 2.45) is 5.14 Å². The molecule has 0 bridgehead atoms. The van der Waals surface area contributed by atoms with Crippen LogP contribution in [0.3, 0.4) is 0 Å². The molecule has 0 aliphatic heterocycles. The summed E-state index contributed by atoms with van der Waals surface area (Å²) in [5, 5.41) is 4.67. The average Bonchev–Trinajstić information content (AvgIpc) is 2.01. The van der Waals surface area contributed by atoms with Crippen molar-refractivity contribution in [3.8, 4) is 0 Å². The van der Waals surface area contributed by atoms with Crippen LogP contribution in [0.15, 0.2) is 24.3 Å². The molecular formula is C7H9FN2O2S. The van der Waals surface area contributed by atoms with Crippen LogP contribution < -0.4 is 9.86 Å². The third-order valence-electron chi connectivity index (χ3n) is 1.42. The molecule has 0 saturated heterocycles. The van der Waals surface area contributed by atoms with E-state index >= 15 is 0 Å². The van der Waals surface area contributed by atoms with Crippen LogP contribution in [0, 0.1) is 5.82 Å². The van der Waals surface area contributed by atoms with Crippen LogP contribution in [0.1, 0.15) is 5.56 Å². The fourth-order valence-corrected chi connectivity index (χ4v) is 1.18. The SMILES string of the molecule is NS(=O)(=O)NCc1ccccc1F. The number of rotatable bonds is 3. The summed E-state index contributed by atoms with van der Waals surface area (Å²) in [5.41, 5.74) is 0.261. The van der Waals surface area contributed by atoms with E-state index in [1.807, 2.05) is 4.72 Å².